The van der Waals surface area contributed by atoms with Crippen molar-refractivity contribution in [1.82, 2.24) is 24.6 Å². The predicted octanol–water partition coefficient (Wildman–Crippen LogP) is 2.38. The summed E-state index contributed by atoms with van der Waals surface area (Å²) in [6, 6.07) is 11.7. The minimum absolute atomic E-state index is 0.0987. The monoisotopic (exact) mass is 321 g/mol. The molecular formula is C18H19N5O. The first-order chi connectivity index (χ1) is 11.8. The molecule has 0 saturated heterocycles. The highest BCUT2D eigenvalue weighted by Gasteiger charge is 2.28. The number of hydrogen-bond donors (Lipinski definition) is 1. The third-order valence-corrected chi connectivity index (χ3v) is 4.17. The molecule has 24 heavy (non-hydrogen) atoms. The predicted molar refractivity (Wildman–Crippen MR) is 90.1 cm³/mol. The van der Waals surface area contributed by atoms with Crippen molar-refractivity contribution in [2.45, 2.75) is 25.3 Å². The van der Waals surface area contributed by atoms with E-state index in [0.717, 1.165) is 24.2 Å². The number of rotatable bonds is 6. The molecule has 0 aliphatic heterocycles. The van der Waals surface area contributed by atoms with E-state index in [4.69, 9.17) is 0 Å². The van der Waals surface area contributed by atoms with Gasteiger partial charge in [-0.1, -0.05) is 18.2 Å². The van der Waals surface area contributed by atoms with Gasteiger partial charge in [-0.25, -0.2) is 9.67 Å². The molecule has 1 N–H and O–H groups in total. The third-order valence-electron chi connectivity index (χ3n) is 4.17. The summed E-state index contributed by atoms with van der Waals surface area (Å²) in [7, 11) is 0. The molecule has 1 amide bonds. The standard InChI is InChI=1S/C18H19N5O/c24-18(20-9-11-22-10-8-19-13-22)17-12-16(14-6-7-14)21-23(17)15-4-2-1-3-5-15/h1-5,8,10,12-14H,6-7,9,11H2,(H,20,24). The van der Waals surface area contributed by atoms with E-state index in [2.05, 4.69) is 15.4 Å². The molecular weight excluding hydrogens is 302 g/mol. The Bertz CT molecular complexity index is 818. The van der Waals surface area contributed by atoms with Gasteiger partial charge in [-0.05, 0) is 31.0 Å². The fraction of sp³-hybridized carbons (Fsp3) is 0.278. The molecule has 2 aromatic heterocycles. The van der Waals surface area contributed by atoms with Gasteiger partial charge in [0.2, 0.25) is 0 Å². The first-order valence-electron chi connectivity index (χ1n) is 8.20. The zero-order chi connectivity index (χ0) is 16.4. The summed E-state index contributed by atoms with van der Waals surface area (Å²) in [6.45, 7) is 1.24. The zero-order valence-electron chi connectivity index (χ0n) is 13.3. The van der Waals surface area contributed by atoms with Crippen LogP contribution in [0.4, 0.5) is 0 Å². The minimum atomic E-state index is -0.0987. The van der Waals surface area contributed by atoms with E-state index in [1.54, 1.807) is 17.2 Å². The molecule has 0 radical (unpaired) electrons. The van der Waals surface area contributed by atoms with Crippen LogP contribution in [0.15, 0.2) is 55.1 Å². The summed E-state index contributed by atoms with van der Waals surface area (Å²) in [5, 5.41) is 7.63. The molecule has 6 nitrogen and oxygen atoms in total. The largest absolute Gasteiger partial charge is 0.349 e. The van der Waals surface area contributed by atoms with Crippen LogP contribution in [0.25, 0.3) is 5.69 Å². The number of carbonyl (C=O) groups is 1. The number of para-hydroxylation sites is 1. The van der Waals surface area contributed by atoms with E-state index >= 15 is 0 Å². The van der Waals surface area contributed by atoms with E-state index in [1.165, 1.54) is 0 Å². The Morgan fingerprint density at radius 3 is 2.79 bits per heavy atom. The van der Waals surface area contributed by atoms with Gasteiger partial charge in [0.15, 0.2) is 0 Å². The number of aromatic nitrogens is 4. The van der Waals surface area contributed by atoms with Crippen molar-refractivity contribution in [2.24, 2.45) is 0 Å². The molecule has 6 heteroatoms. The van der Waals surface area contributed by atoms with Crippen LogP contribution in [0.2, 0.25) is 0 Å². The lowest BCUT2D eigenvalue weighted by molar-refractivity contribution is 0.0944. The number of carbonyl (C=O) groups excluding carboxylic acids is 1. The highest BCUT2D eigenvalue weighted by Crippen LogP contribution is 2.39. The second-order valence-corrected chi connectivity index (χ2v) is 6.03. The van der Waals surface area contributed by atoms with Gasteiger partial charge in [0.25, 0.3) is 5.91 Å². The van der Waals surface area contributed by atoms with Gasteiger partial charge in [-0.3, -0.25) is 4.79 Å². The van der Waals surface area contributed by atoms with Crippen molar-refractivity contribution < 1.29 is 4.79 Å². The minimum Gasteiger partial charge on any atom is -0.349 e. The molecule has 1 aliphatic carbocycles. The summed E-state index contributed by atoms with van der Waals surface area (Å²) in [5.74, 6) is 0.408. The molecule has 1 fully saturated rings. The Kier molecular flexibility index (Phi) is 3.86. The quantitative estimate of drug-likeness (QED) is 0.758. The number of imidazole rings is 1. The Labute approximate surface area is 140 Å². The molecule has 122 valence electrons. The second kappa shape index (κ2) is 6.31. The number of nitrogens with zero attached hydrogens (tertiary/aromatic N) is 4. The van der Waals surface area contributed by atoms with Gasteiger partial charge in [0.1, 0.15) is 5.69 Å². The summed E-state index contributed by atoms with van der Waals surface area (Å²) in [6.07, 6.45) is 7.67. The Balaban J connectivity index is 1.53. The lowest BCUT2D eigenvalue weighted by Crippen LogP contribution is -2.28. The van der Waals surface area contributed by atoms with Crippen LogP contribution in [-0.2, 0) is 6.54 Å². The number of nitrogens with one attached hydrogen (secondary N) is 1. The van der Waals surface area contributed by atoms with Crippen LogP contribution in [-0.4, -0.2) is 31.8 Å². The van der Waals surface area contributed by atoms with Crippen molar-refractivity contribution in [1.29, 1.82) is 0 Å². The maximum absolute atomic E-state index is 12.6. The summed E-state index contributed by atoms with van der Waals surface area (Å²) in [5.41, 5.74) is 2.51. The highest BCUT2D eigenvalue weighted by molar-refractivity contribution is 5.93. The Morgan fingerprint density at radius 2 is 2.08 bits per heavy atom. The van der Waals surface area contributed by atoms with E-state index in [9.17, 15) is 4.79 Å². The summed E-state index contributed by atoms with van der Waals surface area (Å²) in [4.78, 5) is 16.6. The lowest BCUT2D eigenvalue weighted by atomic mass is 10.2. The van der Waals surface area contributed by atoms with Gasteiger partial charge in [-0.15, -0.1) is 0 Å². The van der Waals surface area contributed by atoms with E-state index in [1.807, 2.05) is 47.2 Å². The molecule has 1 saturated carbocycles. The smallest absolute Gasteiger partial charge is 0.270 e. The van der Waals surface area contributed by atoms with E-state index < -0.39 is 0 Å². The molecule has 0 spiro atoms. The van der Waals surface area contributed by atoms with Gasteiger partial charge in [0, 0.05) is 31.4 Å². The van der Waals surface area contributed by atoms with Crippen LogP contribution in [0, 0.1) is 0 Å². The van der Waals surface area contributed by atoms with Gasteiger partial charge in [-0.2, -0.15) is 5.10 Å². The molecule has 1 aromatic carbocycles. The average molecular weight is 321 g/mol. The van der Waals surface area contributed by atoms with Crippen molar-refractivity contribution in [3.63, 3.8) is 0 Å². The summed E-state index contributed by atoms with van der Waals surface area (Å²) >= 11 is 0. The summed E-state index contributed by atoms with van der Waals surface area (Å²) < 4.78 is 3.69. The van der Waals surface area contributed by atoms with Crippen LogP contribution in [0.5, 0.6) is 0 Å². The number of benzene rings is 1. The fourth-order valence-corrected chi connectivity index (χ4v) is 2.71. The van der Waals surface area contributed by atoms with Crippen LogP contribution in [0.3, 0.4) is 0 Å². The normalized spacial score (nSPS) is 13.8. The molecule has 1 aliphatic rings. The van der Waals surface area contributed by atoms with Crippen molar-refractivity contribution >= 4 is 5.91 Å². The van der Waals surface area contributed by atoms with Gasteiger partial charge < -0.3 is 9.88 Å². The third kappa shape index (κ3) is 3.08. The number of hydrogen-bond acceptors (Lipinski definition) is 3. The van der Waals surface area contributed by atoms with Crippen LogP contribution >= 0.6 is 0 Å². The topological polar surface area (TPSA) is 64.7 Å². The van der Waals surface area contributed by atoms with E-state index in [0.29, 0.717) is 24.7 Å². The van der Waals surface area contributed by atoms with Gasteiger partial charge >= 0.3 is 0 Å². The zero-order valence-corrected chi connectivity index (χ0v) is 13.3. The molecule has 2 heterocycles. The SMILES string of the molecule is O=C(NCCn1ccnc1)c1cc(C2CC2)nn1-c1ccccc1. The maximum atomic E-state index is 12.6. The van der Waals surface area contributed by atoms with Gasteiger partial charge in [0.05, 0.1) is 17.7 Å². The Morgan fingerprint density at radius 1 is 1.25 bits per heavy atom. The second-order valence-electron chi connectivity index (χ2n) is 6.03. The first kappa shape index (κ1) is 14.7. The molecule has 0 atom stereocenters. The lowest BCUT2D eigenvalue weighted by Gasteiger charge is -2.08. The molecule has 0 unspecified atom stereocenters. The molecule has 3 aromatic rings. The fourth-order valence-electron chi connectivity index (χ4n) is 2.71. The maximum Gasteiger partial charge on any atom is 0.270 e. The van der Waals surface area contributed by atoms with Crippen molar-refractivity contribution in [2.75, 3.05) is 6.54 Å². The van der Waals surface area contributed by atoms with E-state index in [-0.39, 0.29) is 5.91 Å². The Hall–Kier alpha value is -2.89. The van der Waals surface area contributed by atoms with Crippen LogP contribution in [0.1, 0.15) is 34.9 Å². The molecule has 0 bridgehead atoms. The van der Waals surface area contributed by atoms with Crippen molar-refractivity contribution in [3.05, 3.63) is 66.5 Å². The highest BCUT2D eigenvalue weighted by atomic mass is 16.2. The average Bonchev–Trinajstić information content (AvgIpc) is 3.16. The first-order valence-corrected chi connectivity index (χ1v) is 8.20. The van der Waals surface area contributed by atoms with Crippen molar-refractivity contribution in [3.8, 4) is 5.69 Å². The molecule has 4 rings (SSSR count). The van der Waals surface area contributed by atoms with Crippen LogP contribution < -0.4 is 5.32 Å². The number of amides is 1.